The van der Waals surface area contributed by atoms with Gasteiger partial charge >= 0.3 is 6.03 Å². The van der Waals surface area contributed by atoms with E-state index in [4.69, 9.17) is 16.3 Å². The van der Waals surface area contributed by atoms with Crippen LogP contribution < -0.4 is 15.4 Å². The number of ether oxygens (including phenoxy) is 1. The average molecular weight is 319 g/mol. The Morgan fingerprint density at radius 2 is 1.91 bits per heavy atom. The molecular weight excluding hydrogens is 300 g/mol. The third-order valence-corrected chi connectivity index (χ3v) is 3.58. The second-order valence-electron chi connectivity index (χ2n) is 4.96. The highest BCUT2D eigenvalue weighted by Crippen LogP contribution is 2.19. The number of urea groups is 1. The van der Waals surface area contributed by atoms with Crippen LogP contribution in [0.2, 0.25) is 5.02 Å². The van der Waals surface area contributed by atoms with Gasteiger partial charge in [-0.1, -0.05) is 35.9 Å². The number of hydrogen-bond donors (Lipinski definition) is 2. The van der Waals surface area contributed by atoms with Crippen molar-refractivity contribution in [3.05, 3.63) is 58.6 Å². The molecule has 0 aliphatic rings. The number of nitrogens with one attached hydrogen (secondary N) is 2. The largest absolute Gasteiger partial charge is 0.491 e. The Bertz CT molecular complexity index is 659. The van der Waals surface area contributed by atoms with Crippen LogP contribution in [0.5, 0.6) is 5.75 Å². The molecule has 2 aromatic rings. The molecule has 0 bridgehead atoms. The number of carbonyl (C=O) groups excluding carboxylic acids is 1. The molecule has 0 radical (unpaired) electrons. The van der Waals surface area contributed by atoms with Gasteiger partial charge in [-0.15, -0.1) is 0 Å². The summed E-state index contributed by atoms with van der Waals surface area (Å²) in [6.45, 7) is 4.72. The maximum atomic E-state index is 11.8. The first-order valence-electron chi connectivity index (χ1n) is 7.05. The van der Waals surface area contributed by atoms with E-state index in [9.17, 15) is 4.79 Å². The van der Waals surface area contributed by atoms with Crippen molar-refractivity contribution in [3.8, 4) is 5.75 Å². The molecule has 0 heterocycles. The lowest BCUT2D eigenvalue weighted by atomic mass is 10.2. The minimum Gasteiger partial charge on any atom is -0.491 e. The summed E-state index contributed by atoms with van der Waals surface area (Å²) >= 11 is 6.02. The minimum atomic E-state index is -0.284. The third-order valence-electron chi connectivity index (χ3n) is 3.17. The molecule has 0 spiro atoms. The Labute approximate surface area is 135 Å². The fourth-order valence-corrected chi connectivity index (χ4v) is 2.07. The molecular formula is C17H19ClN2O2. The van der Waals surface area contributed by atoms with Gasteiger partial charge in [-0.3, -0.25) is 0 Å². The maximum Gasteiger partial charge on any atom is 0.319 e. The molecule has 0 aliphatic heterocycles. The molecule has 0 atom stereocenters. The SMILES string of the molecule is Cc1ccc(NC(=O)NCCOc2ccccc2C)cc1Cl. The van der Waals surface area contributed by atoms with E-state index in [1.165, 1.54) is 0 Å². The van der Waals surface area contributed by atoms with E-state index in [1.807, 2.05) is 50.2 Å². The number of halogens is 1. The smallest absolute Gasteiger partial charge is 0.319 e. The first-order chi connectivity index (χ1) is 10.6. The number of para-hydroxylation sites is 1. The van der Waals surface area contributed by atoms with E-state index in [-0.39, 0.29) is 6.03 Å². The van der Waals surface area contributed by atoms with Crippen molar-refractivity contribution in [2.24, 2.45) is 0 Å². The summed E-state index contributed by atoms with van der Waals surface area (Å²) in [6, 6.07) is 12.9. The second kappa shape index (κ2) is 7.71. The van der Waals surface area contributed by atoms with Crippen molar-refractivity contribution in [1.82, 2.24) is 5.32 Å². The van der Waals surface area contributed by atoms with E-state index in [0.29, 0.717) is 23.9 Å². The van der Waals surface area contributed by atoms with Gasteiger partial charge in [0, 0.05) is 10.7 Å². The number of amides is 2. The van der Waals surface area contributed by atoms with Crippen LogP contribution in [0, 0.1) is 13.8 Å². The van der Waals surface area contributed by atoms with E-state index in [0.717, 1.165) is 16.9 Å². The molecule has 0 aromatic heterocycles. The van der Waals surface area contributed by atoms with Gasteiger partial charge in [0.15, 0.2) is 0 Å². The topological polar surface area (TPSA) is 50.4 Å². The van der Waals surface area contributed by atoms with Crippen LogP contribution in [0.4, 0.5) is 10.5 Å². The van der Waals surface area contributed by atoms with Gasteiger partial charge in [0.2, 0.25) is 0 Å². The molecule has 2 rings (SSSR count). The van der Waals surface area contributed by atoms with Crippen LogP contribution in [0.1, 0.15) is 11.1 Å². The first-order valence-corrected chi connectivity index (χ1v) is 7.43. The highest BCUT2D eigenvalue weighted by atomic mass is 35.5. The fourth-order valence-electron chi connectivity index (χ4n) is 1.89. The van der Waals surface area contributed by atoms with Crippen molar-refractivity contribution in [2.45, 2.75) is 13.8 Å². The van der Waals surface area contributed by atoms with Crippen molar-refractivity contribution >= 4 is 23.3 Å². The third kappa shape index (κ3) is 4.67. The summed E-state index contributed by atoms with van der Waals surface area (Å²) in [5.74, 6) is 0.829. The summed E-state index contributed by atoms with van der Waals surface area (Å²) in [5.41, 5.74) is 2.70. The Kier molecular flexibility index (Phi) is 5.67. The van der Waals surface area contributed by atoms with Crippen LogP contribution in [0.15, 0.2) is 42.5 Å². The van der Waals surface area contributed by atoms with Crippen LogP contribution in [-0.2, 0) is 0 Å². The molecule has 0 aliphatic carbocycles. The van der Waals surface area contributed by atoms with E-state index >= 15 is 0 Å². The van der Waals surface area contributed by atoms with E-state index in [2.05, 4.69) is 10.6 Å². The van der Waals surface area contributed by atoms with Crippen LogP contribution >= 0.6 is 11.6 Å². The zero-order valence-electron chi connectivity index (χ0n) is 12.7. The maximum absolute atomic E-state index is 11.8. The molecule has 5 heteroatoms. The zero-order chi connectivity index (χ0) is 15.9. The minimum absolute atomic E-state index is 0.284. The molecule has 116 valence electrons. The second-order valence-corrected chi connectivity index (χ2v) is 5.37. The van der Waals surface area contributed by atoms with Crippen molar-refractivity contribution in [3.63, 3.8) is 0 Å². The number of carbonyl (C=O) groups is 1. The number of anilines is 1. The Morgan fingerprint density at radius 3 is 2.64 bits per heavy atom. The van der Waals surface area contributed by atoms with Gasteiger partial charge in [-0.2, -0.15) is 0 Å². The number of hydrogen-bond acceptors (Lipinski definition) is 2. The molecule has 0 saturated carbocycles. The van der Waals surface area contributed by atoms with Crippen LogP contribution in [0.25, 0.3) is 0 Å². The lowest BCUT2D eigenvalue weighted by Gasteiger charge is -2.11. The molecule has 0 fully saturated rings. The Balaban J connectivity index is 1.74. The molecule has 22 heavy (non-hydrogen) atoms. The summed E-state index contributed by atoms with van der Waals surface area (Å²) in [5, 5.41) is 6.09. The van der Waals surface area contributed by atoms with Gasteiger partial charge in [0.25, 0.3) is 0 Å². The monoisotopic (exact) mass is 318 g/mol. The van der Waals surface area contributed by atoms with Crippen molar-refractivity contribution in [2.75, 3.05) is 18.5 Å². The van der Waals surface area contributed by atoms with E-state index in [1.54, 1.807) is 6.07 Å². The first kappa shape index (κ1) is 16.2. The summed E-state index contributed by atoms with van der Waals surface area (Å²) < 4.78 is 5.61. The number of rotatable bonds is 5. The standard InChI is InChI=1S/C17H19ClN2O2/c1-12-7-8-14(11-15(12)18)20-17(21)19-9-10-22-16-6-4-3-5-13(16)2/h3-8,11H,9-10H2,1-2H3,(H2,19,20,21). The lowest BCUT2D eigenvalue weighted by Crippen LogP contribution is -2.32. The Hall–Kier alpha value is -2.20. The van der Waals surface area contributed by atoms with Crippen LogP contribution in [-0.4, -0.2) is 19.2 Å². The summed E-state index contributed by atoms with van der Waals surface area (Å²) in [4.78, 5) is 11.8. The molecule has 2 aromatic carbocycles. The summed E-state index contributed by atoms with van der Waals surface area (Å²) in [6.07, 6.45) is 0. The normalized spacial score (nSPS) is 10.1. The molecule has 0 saturated heterocycles. The Morgan fingerprint density at radius 1 is 1.14 bits per heavy atom. The quantitative estimate of drug-likeness (QED) is 0.813. The fraction of sp³-hybridized carbons (Fsp3) is 0.235. The molecule has 0 unspecified atom stereocenters. The van der Waals surface area contributed by atoms with E-state index < -0.39 is 0 Å². The number of benzene rings is 2. The predicted molar refractivity (Wildman–Crippen MR) is 89.9 cm³/mol. The highest BCUT2D eigenvalue weighted by Gasteiger charge is 2.03. The van der Waals surface area contributed by atoms with Gasteiger partial charge in [-0.25, -0.2) is 4.79 Å². The van der Waals surface area contributed by atoms with Gasteiger partial charge in [0.05, 0.1) is 6.54 Å². The molecule has 2 amide bonds. The van der Waals surface area contributed by atoms with Crippen LogP contribution in [0.3, 0.4) is 0 Å². The van der Waals surface area contributed by atoms with Crippen molar-refractivity contribution in [1.29, 1.82) is 0 Å². The summed E-state index contributed by atoms with van der Waals surface area (Å²) in [7, 11) is 0. The average Bonchev–Trinajstić information content (AvgIpc) is 2.49. The lowest BCUT2D eigenvalue weighted by molar-refractivity contribution is 0.247. The molecule has 2 N–H and O–H groups in total. The van der Waals surface area contributed by atoms with Crippen molar-refractivity contribution < 1.29 is 9.53 Å². The predicted octanol–water partition coefficient (Wildman–Crippen LogP) is 4.16. The zero-order valence-corrected chi connectivity index (χ0v) is 13.4. The van der Waals surface area contributed by atoms with Gasteiger partial charge in [-0.05, 0) is 43.2 Å². The van der Waals surface area contributed by atoms with Gasteiger partial charge in [0.1, 0.15) is 12.4 Å². The van der Waals surface area contributed by atoms with Gasteiger partial charge < -0.3 is 15.4 Å². The number of aryl methyl sites for hydroxylation is 2. The highest BCUT2D eigenvalue weighted by molar-refractivity contribution is 6.31. The molecule has 4 nitrogen and oxygen atoms in total.